The van der Waals surface area contributed by atoms with Gasteiger partial charge in [-0.15, -0.1) is 0 Å². The first kappa shape index (κ1) is 12.6. The van der Waals surface area contributed by atoms with E-state index in [9.17, 15) is 14.9 Å². The molecule has 17 heavy (non-hydrogen) atoms. The smallest absolute Gasteiger partial charge is 0.267 e. The number of carbonyl (C=O) groups excluding carboxylic acids is 1. The van der Waals surface area contributed by atoms with Gasteiger partial charge in [0.15, 0.2) is 0 Å². The predicted octanol–water partition coefficient (Wildman–Crippen LogP) is 1.89. The molecule has 1 aromatic carbocycles. The third-order valence-electron chi connectivity index (χ3n) is 1.86. The van der Waals surface area contributed by atoms with Crippen LogP contribution in [0, 0.1) is 10.1 Å². The first-order valence-corrected chi connectivity index (χ1v) is 4.84. The third-order valence-corrected chi connectivity index (χ3v) is 1.86. The molecule has 0 saturated carbocycles. The Kier molecular flexibility index (Phi) is 4.56. The van der Waals surface area contributed by atoms with Gasteiger partial charge in [0.05, 0.1) is 4.92 Å². The summed E-state index contributed by atoms with van der Waals surface area (Å²) in [6, 6.07) is 5.28. The van der Waals surface area contributed by atoms with E-state index in [-0.39, 0.29) is 5.69 Å². The normalized spacial score (nSPS) is 10.9. The number of rotatable bonds is 4. The van der Waals surface area contributed by atoms with Gasteiger partial charge in [0, 0.05) is 23.9 Å². The minimum absolute atomic E-state index is 0.0565. The number of allylic oxidation sites excluding steroid dienone is 2. The van der Waals surface area contributed by atoms with Gasteiger partial charge >= 0.3 is 0 Å². The number of carbonyl (C=O) groups is 1. The summed E-state index contributed by atoms with van der Waals surface area (Å²) >= 11 is 0. The van der Waals surface area contributed by atoms with E-state index in [0.717, 1.165) is 0 Å². The van der Waals surface area contributed by atoms with E-state index < -0.39 is 10.8 Å². The largest absolute Gasteiger partial charge is 0.271 e. The molecule has 6 nitrogen and oxygen atoms in total. The van der Waals surface area contributed by atoms with Gasteiger partial charge in [-0.2, -0.15) is 5.10 Å². The molecule has 0 spiro atoms. The van der Waals surface area contributed by atoms with Gasteiger partial charge in [-0.25, -0.2) is 5.43 Å². The lowest BCUT2D eigenvalue weighted by Crippen LogP contribution is -2.17. The molecule has 1 N–H and O–H groups in total. The molecule has 6 heteroatoms. The lowest BCUT2D eigenvalue weighted by Gasteiger charge is -1.98. The number of hydrogen-bond acceptors (Lipinski definition) is 4. The maximum Gasteiger partial charge on any atom is 0.271 e. The van der Waals surface area contributed by atoms with Crippen molar-refractivity contribution in [1.82, 2.24) is 5.43 Å². The number of hydrazone groups is 1. The number of amides is 1. The molecule has 0 aliphatic rings. The van der Waals surface area contributed by atoms with Crippen LogP contribution in [0.5, 0.6) is 0 Å². The van der Waals surface area contributed by atoms with Crippen LogP contribution in [-0.4, -0.2) is 17.0 Å². The van der Waals surface area contributed by atoms with E-state index in [0.29, 0.717) is 5.56 Å². The van der Waals surface area contributed by atoms with Crippen molar-refractivity contribution in [3.63, 3.8) is 0 Å². The molecular formula is C11H11N3O3. The summed E-state index contributed by atoms with van der Waals surface area (Å²) in [6.45, 7) is 1.82. The third kappa shape index (κ3) is 3.86. The van der Waals surface area contributed by atoms with Crippen LogP contribution >= 0.6 is 0 Å². The lowest BCUT2D eigenvalue weighted by molar-refractivity contribution is -0.384. The molecule has 0 unspecified atom stereocenters. The molecule has 0 heterocycles. The summed E-state index contributed by atoms with van der Waals surface area (Å²) in [7, 11) is 0. The quantitative estimate of drug-likeness (QED) is 0.489. The number of nitro benzene ring substituents is 1. The van der Waals surface area contributed by atoms with Gasteiger partial charge in [0.25, 0.3) is 11.6 Å². The lowest BCUT2D eigenvalue weighted by atomic mass is 10.2. The summed E-state index contributed by atoms with van der Waals surface area (Å²) in [5.41, 5.74) is 2.55. The molecule has 0 aliphatic carbocycles. The second-order valence-electron chi connectivity index (χ2n) is 3.05. The van der Waals surface area contributed by atoms with Crippen LogP contribution in [0.3, 0.4) is 0 Å². The number of nitro groups is 1. The standard InChI is InChI=1S/C11H11N3O3/c1-2-3-8-12-13-11(15)9-4-6-10(7-5-9)14(16)17/h2-8H,1H3,(H,13,15). The van der Waals surface area contributed by atoms with Crippen LogP contribution in [-0.2, 0) is 0 Å². The molecular weight excluding hydrogens is 222 g/mol. The molecule has 0 atom stereocenters. The van der Waals surface area contributed by atoms with Crippen molar-refractivity contribution in [3.05, 3.63) is 52.1 Å². The Hall–Kier alpha value is -2.50. The number of non-ortho nitro benzene ring substituents is 1. The summed E-state index contributed by atoms with van der Waals surface area (Å²) in [4.78, 5) is 21.3. The van der Waals surface area contributed by atoms with Crippen molar-refractivity contribution in [1.29, 1.82) is 0 Å². The average Bonchev–Trinajstić information content (AvgIpc) is 2.34. The zero-order valence-electron chi connectivity index (χ0n) is 9.16. The average molecular weight is 233 g/mol. The SMILES string of the molecule is CC=CC=NNC(=O)c1ccc([N+](=O)[O-])cc1. The molecule has 0 aromatic heterocycles. The second-order valence-corrected chi connectivity index (χ2v) is 3.05. The van der Waals surface area contributed by atoms with Crippen molar-refractivity contribution in [2.75, 3.05) is 0 Å². The Morgan fingerprint density at radius 2 is 2.06 bits per heavy atom. The van der Waals surface area contributed by atoms with Gasteiger partial charge < -0.3 is 0 Å². The van der Waals surface area contributed by atoms with Gasteiger partial charge in [0.1, 0.15) is 0 Å². The van der Waals surface area contributed by atoms with E-state index in [2.05, 4.69) is 10.5 Å². The molecule has 1 rings (SSSR count). The van der Waals surface area contributed by atoms with Gasteiger partial charge in [0.2, 0.25) is 0 Å². The summed E-state index contributed by atoms with van der Waals surface area (Å²) in [5.74, 6) is -0.416. The Bertz CT molecular complexity index is 463. The fourth-order valence-electron chi connectivity index (χ4n) is 1.02. The fourth-order valence-corrected chi connectivity index (χ4v) is 1.02. The maximum atomic E-state index is 11.5. The molecule has 0 radical (unpaired) electrons. The van der Waals surface area contributed by atoms with Crippen molar-refractivity contribution in [2.45, 2.75) is 6.92 Å². The van der Waals surface area contributed by atoms with Crippen molar-refractivity contribution < 1.29 is 9.72 Å². The second kappa shape index (κ2) is 6.16. The Balaban J connectivity index is 2.67. The van der Waals surface area contributed by atoms with Crippen LogP contribution in [0.2, 0.25) is 0 Å². The summed E-state index contributed by atoms with van der Waals surface area (Å²) in [6.07, 6.45) is 4.86. The topological polar surface area (TPSA) is 84.6 Å². The Labute approximate surface area is 97.8 Å². The zero-order chi connectivity index (χ0) is 12.7. The van der Waals surface area contributed by atoms with Crippen LogP contribution in [0.1, 0.15) is 17.3 Å². The first-order valence-electron chi connectivity index (χ1n) is 4.84. The van der Waals surface area contributed by atoms with E-state index in [4.69, 9.17) is 0 Å². The van der Waals surface area contributed by atoms with Crippen LogP contribution < -0.4 is 5.43 Å². The van der Waals surface area contributed by atoms with E-state index in [1.807, 2.05) is 6.92 Å². The minimum atomic E-state index is -0.522. The van der Waals surface area contributed by atoms with Crippen LogP contribution in [0.25, 0.3) is 0 Å². The van der Waals surface area contributed by atoms with E-state index in [1.165, 1.54) is 30.5 Å². The highest BCUT2D eigenvalue weighted by Crippen LogP contribution is 2.11. The van der Waals surface area contributed by atoms with Crippen LogP contribution in [0.4, 0.5) is 5.69 Å². The van der Waals surface area contributed by atoms with Crippen molar-refractivity contribution in [3.8, 4) is 0 Å². The van der Waals surface area contributed by atoms with Gasteiger partial charge in [-0.1, -0.05) is 6.08 Å². The zero-order valence-corrected chi connectivity index (χ0v) is 9.16. The highest BCUT2D eigenvalue weighted by atomic mass is 16.6. The van der Waals surface area contributed by atoms with Crippen molar-refractivity contribution >= 4 is 17.8 Å². The van der Waals surface area contributed by atoms with E-state index in [1.54, 1.807) is 12.2 Å². The van der Waals surface area contributed by atoms with Gasteiger partial charge in [-0.05, 0) is 25.1 Å². The molecule has 0 fully saturated rings. The number of benzene rings is 1. The molecule has 0 bridgehead atoms. The highest BCUT2D eigenvalue weighted by molar-refractivity contribution is 5.94. The van der Waals surface area contributed by atoms with E-state index >= 15 is 0 Å². The highest BCUT2D eigenvalue weighted by Gasteiger charge is 2.08. The van der Waals surface area contributed by atoms with Crippen LogP contribution in [0.15, 0.2) is 41.5 Å². The monoisotopic (exact) mass is 233 g/mol. The molecule has 0 aliphatic heterocycles. The number of nitrogens with one attached hydrogen (secondary N) is 1. The summed E-state index contributed by atoms with van der Waals surface area (Å²) in [5, 5.41) is 14.0. The Morgan fingerprint density at radius 1 is 1.41 bits per heavy atom. The maximum absolute atomic E-state index is 11.5. The Morgan fingerprint density at radius 3 is 2.59 bits per heavy atom. The molecule has 0 saturated heterocycles. The molecule has 88 valence electrons. The minimum Gasteiger partial charge on any atom is -0.267 e. The number of hydrogen-bond donors (Lipinski definition) is 1. The first-order chi connectivity index (χ1) is 8.15. The fraction of sp³-hybridized carbons (Fsp3) is 0.0909. The summed E-state index contributed by atoms with van der Waals surface area (Å²) < 4.78 is 0. The number of nitrogens with zero attached hydrogens (tertiary/aromatic N) is 2. The molecule has 1 aromatic rings. The van der Waals surface area contributed by atoms with Crippen molar-refractivity contribution in [2.24, 2.45) is 5.10 Å². The predicted molar refractivity (Wildman–Crippen MR) is 63.9 cm³/mol. The van der Waals surface area contributed by atoms with Gasteiger partial charge in [-0.3, -0.25) is 14.9 Å². The molecule has 1 amide bonds.